The van der Waals surface area contributed by atoms with Gasteiger partial charge < -0.3 is 28.8 Å². The van der Waals surface area contributed by atoms with E-state index in [1.54, 1.807) is 6.08 Å². The maximum Gasteiger partial charge on any atom is 0.337 e. The van der Waals surface area contributed by atoms with Crippen molar-refractivity contribution in [2.45, 2.75) is 44.9 Å². The predicted molar refractivity (Wildman–Crippen MR) is 108 cm³/mol. The van der Waals surface area contributed by atoms with Gasteiger partial charge in [-0.1, -0.05) is 6.08 Å². The molecule has 0 amide bonds. The first kappa shape index (κ1) is 22.5. The minimum absolute atomic E-state index is 0.152. The number of aldehydes is 1. The number of allylic oxidation sites excluding steroid dienone is 1. The van der Waals surface area contributed by atoms with Gasteiger partial charge in [-0.15, -0.1) is 0 Å². The van der Waals surface area contributed by atoms with Gasteiger partial charge in [0.1, 0.15) is 6.29 Å². The number of hydrogen-bond donors (Lipinski definition) is 1. The van der Waals surface area contributed by atoms with Crippen LogP contribution in [0.25, 0.3) is 0 Å². The molecule has 0 spiro atoms. The van der Waals surface area contributed by atoms with Crippen LogP contribution in [0.2, 0.25) is 0 Å². The van der Waals surface area contributed by atoms with Crippen molar-refractivity contribution in [2.24, 2.45) is 29.6 Å². The van der Waals surface area contributed by atoms with Crippen molar-refractivity contribution in [3.8, 4) is 0 Å². The topological polar surface area (TPSA) is 118 Å². The third-order valence-electron chi connectivity index (χ3n) is 7.21. The lowest BCUT2D eigenvalue weighted by atomic mass is 9.83. The van der Waals surface area contributed by atoms with Crippen molar-refractivity contribution in [3.05, 3.63) is 35.3 Å². The Labute approximate surface area is 186 Å². The van der Waals surface area contributed by atoms with Gasteiger partial charge in [-0.25, -0.2) is 9.59 Å². The molecule has 0 aromatic rings. The highest BCUT2D eigenvalue weighted by molar-refractivity contribution is 5.90. The molecular formula is C23H28O9. The van der Waals surface area contributed by atoms with Crippen LogP contribution in [-0.2, 0) is 38.1 Å². The summed E-state index contributed by atoms with van der Waals surface area (Å²) in [6.07, 6.45) is 6.89. The molecule has 2 fully saturated rings. The zero-order valence-corrected chi connectivity index (χ0v) is 18.3. The van der Waals surface area contributed by atoms with Gasteiger partial charge in [0, 0.05) is 17.8 Å². The van der Waals surface area contributed by atoms with Crippen molar-refractivity contribution in [2.75, 3.05) is 14.2 Å². The van der Waals surface area contributed by atoms with E-state index in [9.17, 15) is 19.5 Å². The maximum atomic E-state index is 11.6. The minimum Gasteiger partial charge on any atom is -0.472 e. The molecule has 174 valence electrons. The van der Waals surface area contributed by atoms with Gasteiger partial charge in [-0.05, 0) is 37.7 Å². The van der Waals surface area contributed by atoms with Gasteiger partial charge in [0.15, 0.2) is 0 Å². The van der Waals surface area contributed by atoms with E-state index in [1.165, 1.54) is 26.7 Å². The third-order valence-corrected chi connectivity index (χ3v) is 7.21. The zero-order chi connectivity index (χ0) is 23.0. The van der Waals surface area contributed by atoms with Crippen LogP contribution in [0, 0.1) is 29.6 Å². The van der Waals surface area contributed by atoms with E-state index in [0.29, 0.717) is 41.3 Å². The summed E-state index contributed by atoms with van der Waals surface area (Å²) in [6.45, 7) is 2.09. The molecular weight excluding hydrogens is 420 g/mol. The monoisotopic (exact) mass is 448 g/mol. The molecule has 0 aromatic carbocycles. The number of carbonyl (C=O) groups is 3. The number of hydrogen-bond acceptors (Lipinski definition) is 9. The lowest BCUT2D eigenvalue weighted by molar-refractivity contribution is -0.144. The fourth-order valence-electron chi connectivity index (χ4n) is 5.65. The highest BCUT2D eigenvalue weighted by Crippen LogP contribution is 2.52. The van der Waals surface area contributed by atoms with E-state index in [2.05, 4.69) is 11.7 Å². The fourth-order valence-corrected chi connectivity index (χ4v) is 5.65. The summed E-state index contributed by atoms with van der Waals surface area (Å²) in [5.74, 6) is -0.294. The quantitative estimate of drug-likeness (QED) is 0.507. The molecule has 1 N–H and O–H groups in total. The van der Waals surface area contributed by atoms with Crippen LogP contribution in [0.15, 0.2) is 35.3 Å². The SMILES string of the molecule is COC(=O)C1=COC(O)C2C(C=O)=CCC12.COC(=O)C1=COC2OC(C)C3CCC1C23. The molecule has 2 aliphatic carbocycles. The summed E-state index contributed by atoms with van der Waals surface area (Å²) in [5.41, 5.74) is 1.53. The Kier molecular flexibility index (Phi) is 6.39. The van der Waals surface area contributed by atoms with Crippen molar-refractivity contribution >= 4 is 18.2 Å². The second-order valence-corrected chi connectivity index (χ2v) is 8.62. The summed E-state index contributed by atoms with van der Waals surface area (Å²) >= 11 is 0. The van der Waals surface area contributed by atoms with Crippen molar-refractivity contribution in [1.82, 2.24) is 0 Å². The Morgan fingerprint density at radius 1 is 1.06 bits per heavy atom. The van der Waals surface area contributed by atoms with Crippen LogP contribution >= 0.6 is 0 Å². The molecule has 8 unspecified atom stereocenters. The van der Waals surface area contributed by atoms with Gasteiger partial charge in [-0.3, -0.25) is 4.79 Å². The number of carbonyl (C=O) groups excluding carboxylic acids is 3. The summed E-state index contributed by atoms with van der Waals surface area (Å²) in [6, 6.07) is 0. The third kappa shape index (κ3) is 3.73. The Morgan fingerprint density at radius 3 is 2.38 bits per heavy atom. The van der Waals surface area contributed by atoms with E-state index in [1.807, 2.05) is 0 Å². The summed E-state index contributed by atoms with van der Waals surface area (Å²) < 4.78 is 25.6. The van der Waals surface area contributed by atoms with Crippen LogP contribution in [-0.4, -0.2) is 56.2 Å². The smallest absolute Gasteiger partial charge is 0.337 e. The molecule has 3 aliphatic heterocycles. The first-order valence-corrected chi connectivity index (χ1v) is 10.8. The Hall–Kier alpha value is -2.65. The standard InChI is InChI=1S/C12H16O4.C11H12O5/c1-6-7-3-4-8-9(11(13)14-2)5-15-12(16-6)10(7)8;1-15-10(13)8-5-16-11(14)9-6(4-12)2-3-7(8)9/h5-8,10,12H,3-4H2,1-2H3;2,4-5,7,9,11,14H,3H2,1H3. The Bertz CT molecular complexity index is 873. The lowest BCUT2D eigenvalue weighted by Crippen LogP contribution is -2.35. The van der Waals surface area contributed by atoms with Crippen LogP contribution < -0.4 is 0 Å². The average molecular weight is 448 g/mol. The van der Waals surface area contributed by atoms with E-state index in [0.717, 1.165) is 12.8 Å². The number of esters is 2. The van der Waals surface area contributed by atoms with Crippen LogP contribution in [0.4, 0.5) is 0 Å². The molecule has 1 saturated heterocycles. The van der Waals surface area contributed by atoms with E-state index < -0.39 is 18.2 Å². The fraction of sp³-hybridized carbons (Fsp3) is 0.609. The Balaban J connectivity index is 0.000000153. The first-order valence-electron chi connectivity index (χ1n) is 10.8. The number of ether oxygens (including phenoxy) is 5. The first-order chi connectivity index (χ1) is 15.4. The van der Waals surface area contributed by atoms with Gasteiger partial charge in [-0.2, -0.15) is 0 Å². The molecule has 9 nitrogen and oxygen atoms in total. The summed E-state index contributed by atoms with van der Waals surface area (Å²) in [4.78, 5) is 33.8. The van der Waals surface area contributed by atoms with Crippen LogP contribution in [0.1, 0.15) is 26.2 Å². The molecule has 1 saturated carbocycles. The van der Waals surface area contributed by atoms with Gasteiger partial charge >= 0.3 is 11.9 Å². The molecule has 32 heavy (non-hydrogen) atoms. The second-order valence-electron chi connectivity index (χ2n) is 8.62. The van der Waals surface area contributed by atoms with Crippen LogP contribution in [0.3, 0.4) is 0 Å². The van der Waals surface area contributed by atoms with E-state index in [4.69, 9.17) is 18.9 Å². The largest absolute Gasteiger partial charge is 0.472 e. The van der Waals surface area contributed by atoms with Crippen molar-refractivity contribution in [1.29, 1.82) is 0 Å². The van der Waals surface area contributed by atoms with Gasteiger partial charge in [0.25, 0.3) is 0 Å². The number of aliphatic hydroxyl groups is 1. The van der Waals surface area contributed by atoms with E-state index >= 15 is 0 Å². The number of fused-ring (bicyclic) bond motifs is 1. The lowest BCUT2D eigenvalue weighted by Gasteiger charge is -2.30. The number of aliphatic hydroxyl groups excluding tert-OH is 1. The van der Waals surface area contributed by atoms with Gasteiger partial charge in [0.2, 0.25) is 12.6 Å². The van der Waals surface area contributed by atoms with Crippen LogP contribution in [0.5, 0.6) is 0 Å². The summed E-state index contributed by atoms with van der Waals surface area (Å²) in [7, 11) is 2.70. The molecule has 5 aliphatic rings. The molecule has 9 heteroatoms. The zero-order valence-electron chi connectivity index (χ0n) is 18.3. The highest BCUT2D eigenvalue weighted by Gasteiger charge is 2.55. The van der Waals surface area contributed by atoms with E-state index in [-0.39, 0.29) is 30.2 Å². The predicted octanol–water partition coefficient (Wildman–Crippen LogP) is 1.61. The van der Waals surface area contributed by atoms with Gasteiger partial charge in [0.05, 0.1) is 49.9 Å². The minimum atomic E-state index is -1.07. The summed E-state index contributed by atoms with van der Waals surface area (Å²) in [5, 5.41) is 9.63. The molecule has 3 heterocycles. The Morgan fingerprint density at radius 2 is 1.72 bits per heavy atom. The maximum absolute atomic E-state index is 11.6. The molecule has 8 atom stereocenters. The highest BCUT2D eigenvalue weighted by atomic mass is 16.7. The number of rotatable bonds is 3. The second kappa shape index (κ2) is 9.07. The molecule has 5 rings (SSSR count). The molecule has 0 aromatic heterocycles. The molecule has 0 bridgehead atoms. The van der Waals surface area contributed by atoms with Crippen molar-refractivity contribution < 1.29 is 43.2 Å². The average Bonchev–Trinajstić information content (AvgIpc) is 3.52. The normalized spacial score (nSPS) is 38.3. The van der Waals surface area contributed by atoms with Crippen molar-refractivity contribution in [3.63, 3.8) is 0 Å². The number of methoxy groups -OCH3 is 2. The molecule has 0 radical (unpaired) electrons.